The Kier molecular flexibility index (Phi) is 7.14. The van der Waals surface area contributed by atoms with Crippen molar-refractivity contribution in [1.29, 1.82) is 0 Å². The first kappa shape index (κ1) is 22.3. The van der Waals surface area contributed by atoms with Gasteiger partial charge in [-0.25, -0.2) is 0 Å². The molecule has 0 bridgehead atoms. The molecule has 1 saturated heterocycles. The van der Waals surface area contributed by atoms with Gasteiger partial charge in [0.05, 0.1) is 0 Å². The number of rotatable bonds is 5. The van der Waals surface area contributed by atoms with E-state index in [1.165, 1.54) is 14.2 Å². The second kappa shape index (κ2) is 9.61. The number of benzene rings is 2. The Balaban J connectivity index is 2.01. The second-order valence-electron chi connectivity index (χ2n) is 6.64. The first-order valence-electron chi connectivity index (χ1n) is 9.31. The van der Waals surface area contributed by atoms with E-state index in [2.05, 4.69) is 15.1 Å². The molecule has 3 rings (SSSR count). The van der Waals surface area contributed by atoms with Gasteiger partial charge in [-0.1, -0.05) is 0 Å². The van der Waals surface area contributed by atoms with Crippen LogP contribution in [0.15, 0.2) is 60.7 Å². The number of amides is 1. The molecule has 0 radical (unpaired) electrons. The number of esters is 2. The number of hydrogen-bond acceptors (Lipinski definition) is 6. The molecular formula is C21H22NO6PSe. The van der Waals surface area contributed by atoms with E-state index in [0.29, 0.717) is 0 Å². The summed E-state index contributed by atoms with van der Waals surface area (Å²) in [6, 6.07) is 16.9. The van der Waals surface area contributed by atoms with Crippen molar-refractivity contribution in [2.24, 2.45) is 0 Å². The third kappa shape index (κ3) is 4.36. The van der Waals surface area contributed by atoms with Gasteiger partial charge < -0.3 is 0 Å². The standard InChI is InChI=1S/C21H22NO6PSe/c1-26-19(23)17-13-14-18(20(24)27-2)22(17)21(25)28-29(30,15-9-5-3-6-10-15)16-11-7-4-8-12-16/h3-12,17-18H,13-14H2,1-2H3/t17-,18-/m1/s1. The number of hydrogen-bond donors (Lipinski definition) is 0. The van der Waals surface area contributed by atoms with Gasteiger partial charge in [0, 0.05) is 0 Å². The fraction of sp³-hybridized carbons (Fsp3) is 0.286. The minimum absolute atomic E-state index is 0.289. The maximum absolute atomic E-state index is 13.4. The van der Waals surface area contributed by atoms with E-state index < -0.39 is 35.9 Å². The molecule has 0 spiro atoms. The van der Waals surface area contributed by atoms with Gasteiger partial charge >= 0.3 is 183 Å². The fourth-order valence-electron chi connectivity index (χ4n) is 3.46. The van der Waals surface area contributed by atoms with Crippen LogP contribution in [-0.2, 0) is 23.6 Å². The van der Waals surface area contributed by atoms with Crippen molar-refractivity contribution < 1.29 is 28.4 Å². The molecule has 0 N–H and O–H groups in total. The van der Waals surface area contributed by atoms with Crippen LogP contribution in [0, 0.1) is 0 Å². The molecule has 1 amide bonds. The second-order valence-corrected chi connectivity index (χ2v) is 12.2. The number of carbonyl (C=O) groups excluding carboxylic acids is 3. The molecule has 30 heavy (non-hydrogen) atoms. The summed E-state index contributed by atoms with van der Waals surface area (Å²) in [4.78, 5) is 39.1. The zero-order valence-corrected chi connectivity index (χ0v) is 19.2. The van der Waals surface area contributed by atoms with Crippen molar-refractivity contribution in [3.05, 3.63) is 60.7 Å². The van der Waals surface area contributed by atoms with E-state index in [4.69, 9.17) is 14.0 Å². The van der Waals surface area contributed by atoms with Crippen molar-refractivity contribution in [3.63, 3.8) is 0 Å². The molecule has 2 aromatic rings. The average molecular weight is 494 g/mol. The molecule has 1 aliphatic rings. The number of ether oxygens (including phenoxy) is 2. The summed E-state index contributed by atoms with van der Waals surface area (Å²) >= 11 is 3.10. The molecule has 1 aliphatic heterocycles. The molecule has 1 heterocycles. The Morgan fingerprint density at radius 3 is 1.60 bits per heavy atom. The molecule has 7 nitrogen and oxygen atoms in total. The molecule has 0 unspecified atom stereocenters. The number of nitrogens with zero attached hydrogens (tertiary/aromatic N) is 1. The summed E-state index contributed by atoms with van der Waals surface area (Å²) in [5.41, 5.74) is -2.73. The summed E-state index contributed by atoms with van der Waals surface area (Å²) in [7, 11) is 2.49. The summed E-state index contributed by atoms with van der Waals surface area (Å²) in [6.45, 7) is 0. The van der Waals surface area contributed by atoms with Crippen molar-refractivity contribution in [2.45, 2.75) is 24.9 Å². The van der Waals surface area contributed by atoms with Gasteiger partial charge in [-0.05, 0) is 0 Å². The third-order valence-corrected chi connectivity index (χ3v) is 10.4. The van der Waals surface area contributed by atoms with Crippen molar-refractivity contribution >= 4 is 49.5 Å². The first-order chi connectivity index (χ1) is 14.4. The Hall–Kier alpha value is -2.40. The van der Waals surface area contributed by atoms with Crippen LogP contribution in [0.3, 0.4) is 0 Å². The van der Waals surface area contributed by atoms with E-state index in [1.54, 1.807) is 0 Å². The molecule has 1 fully saturated rings. The Morgan fingerprint density at radius 2 is 1.23 bits per heavy atom. The summed E-state index contributed by atoms with van der Waals surface area (Å²) < 4.78 is 15.7. The van der Waals surface area contributed by atoms with Crippen LogP contribution >= 0.6 is 5.74 Å². The summed E-state index contributed by atoms with van der Waals surface area (Å²) in [6.07, 6.45) is -0.188. The Labute approximate surface area is 182 Å². The minimum atomic E-state index is -2.73. The van der Waals surface area contributed by atoms with Crippen molar-refractivity contribution in [2.75, 3.05) is 14.2 Å². The number of methoxy groups -OCH3 is 2. The topological polar surface area (TPSA) is 82.1 Å². The van der Waals surface area contributed by atoms with E-state index in [9.17, 15) is 14.4 Å². The van der Waals surface area contributed by atoms with E-state index in [-0.39, 0.29) is 12.8 Å². The zero-order valence-electron chi connectivity index (χ0n) is 16.6. The average Bonchev–Trinajstić information content (AvgIpc) is 3.24. The third-order valence-electron chi connectivity index (χ3n) is 4.94. The SMILES string of the molecule is COC(=O)[C@H]1CC[C@H](C(=O)OC)N1C(=O)OP(=[Se])(c1ccccc1)c1ccccc1. The predicted molar refractivity (Wildman–Crippen MR) is 114 cm³/mol. The first-order valence-corrected chi connectivity index (χ1v) is 13.2. The predicted octanol–water partition coefficient (Wildman–Crippen LogP) is 1.97. The zero-order chi connectivity index (χ0) is 21.7. The van der Waals surface area contributed by atoms with Crippen LogP contribution < -0.4 is 10.6 Å². The fourth-order valence-corrected chi connectivity index (χ4v) is 7.35. The van der Waals surface area contributed by atoms with Crippen LogP contribution in [0.5, 0.6) is 0 Å². The summed E-state index contributed by atoms with van der Waals surface area (Å²) in [5, 5.41) is 1.63. The van der Waals surface area contributed by atoms with Gasteiger partial charge in [0.15, 0.2) is 0 Å². The van der Waals surface area contributed by atoms with E-state index in [0.717, 1.165) is 15.5 Å². The molecule has 0 aromatic heterocycles. The molecule has 2 atom stereocenters. The monoisotopic (exact) mass is 495 g/mol. The Morgan fingerprint density at radius 1 is 0.833 bits per heavy atom. The van der Waals surface area contributed by atoms with Gasteiger partial charge in [0.1, 0.15) is 0 Å². The molecule has 0 aliphatic carbocycles. The summed E-state index contributed by atoms with van der Waals surface area (Å²) in [5.74, 6) is -1.19. The quantitative estimate of drug-likeness (QED) is 0.359. The Bertz CT molecular complexity index is 900. The van der Waals surface area contributed by atoms with Gasteiger partial charge in [-0.15, -0.1) is 0 Å². The number of carbonyl (C=O) groups is 3. The van der Waals surface area contributed by atoms with Crippen LogP contribution in [0.2, 0.25) is 0 Å². The molecular weight excluding hydrogens is 472 g/mol. The van der Waals surface area contributed by atoms with Gasteiger partial charge in [-0.3, -0.25) is 0 Å². The molecule has 0 saturated carbocycles. The number of likely N-dealkylation sites (tertiary alicyclic amines) is 1. The van der Waals surface area contributed by atoms with Gasteiger partial charge in [0.2, 0.25) is 0 Å². The van der Waals surface area contributed by atoms with Gasteiger partial charge in [0.25, 0.3) is 0 Å². The van der Waals surface area contributed by atoms with Crippen LogP contribution in [0.1, 0.15) is 12.8 Å². The van der Waals surface area contributed by atoms with E-state index in [1.807, 2.05) is 60.7 Å². The van der Waals surface area contributed by atoms with Crippen molar-refractivity contribution in [3.8, 4) is 0 Å². The molecule has 158 valence electrons. The normalized spacial score (nSPS) is 18.5. The van der Waals surface area contributed by atoms with E-state index >= 15 is 0 Å². The van der Waals surface area contributed by atoms with Crippen LogP contribution in [-0.4, -0.2) is 64.3 Å². The molecule has 2 aromatic carbocycles. The molecule has 9 heteroatoms. The van der Waals surface area contributed by atoms with Crippen LogP contribution in [0.4, 0.5) is 4.79 Å². The van der Waals surface area contributed by atoms with Crippen LogP contribution in [0.25, 0.3) is 0 Å². The van der Waals surface area contributed by atoms with Crippen molar-refractivity contribution in [1.82, 2.24) is 4.90 Å². The maximum atomic E-state index is 13.4. The van der Waals surface area contributed by atoms with Gasteiger partial charge in [-0.2, -0.15) is 0 Å².